The molecule has 5 heteroatoms. The molecule has 4 aromatic rings. The van der Waals surface area contributed by atoms with Crippen LogP contribution >= 0.6 is 0 Å². The Hall–Kier alpha value is -3.70. The first-order valence-corrected chi connectivity index (χ1v) is 12.1. The van der Waals surface area contributed by atoms with Crippen molar-refractivity contribution in [3.05, 3.63) is 105 Å². The third-order valence-electron chi connectivity index (χ3n) is 6.81. The summed E-state index contributed by atoms with van der Waals surface area (Å²) in [4.78, 5) is 28.4. The quantitative estimate of drug-likeness (QED) is 0.301. The molecule has 0 N–H and O–H groups in total. The highest BCUT2D eigenvalue weighted by Gasteiger charge is 2.26. The van der Waals surface area contributed by atoms with Crippen LogP contribution in [0, 0.1) is 6.92 Å². The highest BCUT2D eigenvalue weighted by atomic mass is 16.5. The van der Waals surface area contributed by atoms with Crippen molar-refractivity contribution in [3.63, 3.8) is 0 Å². The zero-order chi connectivity index (χ0) is 24.7. The van der Waals surface area contributed by atoms with Gasteiger partial charge in [-0.25, -0.2) is 4.79 Å². The molecule has 1 aromatic heterocycles. The van der Waals surface area contributed by atoms with E-state index in [4.69, 9.17) is 4.74 Å². The summed E-state index contributed by atoms with van der Waals surface area (Å²) in [5.74, 6) is -0.375. The summed E-state index contributed by atoms with van der Waals surface area (Å²) in [5, 5.41) is 2.31. The summed E-state index contributed by atoms with van der Waals surface area (Å²) < 4.78 is 7.78. The number of benzene rings is 3. The smallest absolute Gasteiger partial charge is 0.338 e. The maximum absolute atomic E-state index is 13.4. The maximum atomic E-state index is 13.4. The SMILES string of the molecule is CCC(OC(=O)c1ccc(CN(C)C)cc1)c1cc2n(c(=O)c1C)Cc1cc3ccccc3cc1-2. The first kappa shape index (κ1) is 23.1. The van der Waals surface area contributed by atoms with Gasteiger partial charge in [-0.15, -0.1) is 0 Å². The number of rotatable bonds is 6. The van der Waals surface area contributed by atoms with Crippen molar-refractivity contribution in [1.29, 1.82) is 0 Å². The highest BCUT2D eigenvalue weighted by molar-refractivity contribution is 5.90. The molecule has 0 spiro atoms. The van der Waals surface area contributed by atoms with Crippen LogP contribution in [-0.2, 0) is 17.8 Å². The van der Waals surface area contributed by atoms with Crippen LogP contribution in [0.2, 0.25) is 0 Å². The van der Waals surface area contributed by atoms with Gasteiger partial charge in [0, 0.05) is 23.2 Å². The van der Waals surface area contributed by atoms with E-state index in [1.165, 1.54) is 5.39 Å². The lowest BCUT2D eigenvalue weighted by molar-refractivity contribution is 0.0286. The molecule has 35 heavy (non-hydrogen) atoms. The molecule has 0 bridgehead atoms. The molecule has 0 saturated carbocycles. The molecule has 1 aliphatic rings. The minimum atomic E-state index is -0.493. The average molecular weight is 467 g/mol. The van der Waals surface area contributed by atoms with E-state index in [0.717, 1.165) is 39.9 Å². The molecule has 0 aliphatic carbocycles. The first-order valence-electron chi connectivity index (χ1n) is 12.1. The van der Waals surface area contributed by atoms with E-state index in [2.05, 4.69) is 29.2 Å². The minimum absolute atomic E-state index is 0.0275. The fraction of sp³-hybridized carbons (Fsp3) is 0.267. The maximum Gasteiger partial charge on any atom is 0.338 e. The van der Waals surface area contributed by atoms with Crippen LogP contribution in [0.3, 0.4) is 0 Å². The molecule has 3 aromatic carbocycles. The lowest BCUT2D eigenvalue weighted by atomic mass is 9.98. The molecule has 0 radical (unpaired) electrons. The average Bonchev–Trinajstić information content (AvgIpc) is 3.21. The number of hydrogen-bond donors (Lipinski definition) is 0. The summed E-state index contributed by atoms with van der Waals surface area (Å²) in [6.45, 7) is 5.17. The molecule has 5 rings (SSSR count). The van der Waals surface area contributed by atoms with Crippen LogP contribution in [0.1, 0.15) is 52.1 Å². The fourth-order valence-corrected chi connectivity index (χ4v) is 4.99. The van der Waals surface area contributed by atoms with Crippen molar-refractivity contribution in [2.24, 2.45) is 0 Å². The number of fused-ring (bicyclic) bond motifs is 4. The predicted molar refractivity (Wildman–Crippen MR) is 140 cm³/mol. The molecule has 0 saturated heterocycles. The number of pyridine rings is 1. The molecular formula is C30H30N2O3. The van der Waals surface area contributed by atoms with Gasteiger partial charge in [0.05, 0.1) is 17.8 Å². The normalized spacial score (nSPS) is 13.1. The van der Waals surface area contributed by atoms with E-state index < -0.39 is 6.10 Å². The van der Waals surface area contributed by atoms with Crippen LogP contribution in [0.5, 0.6) is 0 Å². The van der Waals surface area contributed by atoms with Gasteiger partial charge < -0.3 is 14.2 Å². The van der Waals surface area contributed by atoms with Gasteiger partial charge in [-0.2, -0.15) is 0 Å². The molecule has 2 heterocycles. The van der Waals surface area contributed by atoms with Gasteiger partial charge in [-0.1, -0.05) is 43.3 Å². The number of hydrogen-bond acceptors (Lipinski definition) is 4. The number of aromatic nitrogens is 1. The van der Waals surface area contributed by atoms with E-state index >= 15 is 0 Å². The minimum Gasteiger partial charge on any atom is -0.454 e. The third kappa shape index (κ3) is 4.28. The van der Waals surface area contributed by atoms with E-state index in [1.54, 1.807) is 12.1 Å². The van der Waals surface area contributed by atoms with Crippen molar-refractivity contribution >= 4 is 16.7 Å². The molecule has 1 atom stereocenters. The largest absolute Gasteiger partial charge is 0.454 e. The molecular weight excluding hydrogens is 436 g/mol. The Balaban J connectivity index is 1.48. The van der Waals surface area contributed by atoms with Gasteiger partial charge >= 0.3 is 5.97 Å². The van der Waals surface area contributed by atoms with Crippen LogP contribution < -0.4 is 5.56 Å². The highest BCUT2D eigenvalue weighted by Crippen LogP contribution is 2.36. The number of carbonyl (C=O) groups excluding carboxylic acids is 1. The van der Waals surface area contributed by atoms with Crippen LogP contribution in [0.15, 0.2) is 71.5 Å². The van der Waals surface area contributed by atoms with Gasteiger partial charge in [-0.05, 0) is 79.7 Å². The number of nitrogens with zero attached hydrogens (tertiary/aromatic N) is 2. The van der Waals surface area contributed by atoms with Crippen LogP contribution in [0.25, 0.3) is 22.0 Å². The molecule has 5 nitrogen and oxygen atoms in total. The number of esters is 1. The van der Waals surface area contributed by atoms with E-state index in [-0.39, 0.29) is 11.5 Å². The Morgan fingerprint density at radius 1 is 1.03 bits per heavy atom. The standard InChI is InChI=1S/C30H30N2O3/c1-5-28(35-30(34)21-12-10-20(11-13-21)17-31(3)4)25-16-27-26-15-23-9-7-6-8-22(23)14-24(26)18-32(27)29(33)19(25)2/h6-16,28H,5,17-18H2,1-4H3. The van der Waals surface area contributed by atoms with Crippen molar-refractivity contribution in [3.8, 4) is 11.3 Å². The number of carbonyl (C=O) groups is 1. The van der Waals surface area contributed by atoms with Gasteiger partial charge in [0.15, 0.2) is 0 Å². The lowest BCUT2D eigenvalue weighted by Crippen LogP contribution is -2.25. The topological polar surface area (TPSA) is 51.5 Å². The summed E-state index contributed by atoms with van der Waals surface area (Å²) >= 11 is 0. The zero-order valence-corrected chi connectivity index (χ0v) is 20.7. The van der Waals surface area contributed by atoms with Gasteiger partial charge in [0.25, 0.3) is 5.56 Å². The van der Waals surface area contributed by atoms with Crippen LogP contribution in [0.4, 0.5) is 0 Å². The monoisotopic (exact) mass is 466 g/mol. The Labute approximate surface area is 205 Å². The van der Waals surface area contributed by atoms with Gasteiger partial charge in [-0.3, -0.25) is 4.79 Å². The van der Waals surface area contributed by atoms with Crippen molar-refractivity contribution < 1.29 is 9.53 Å². The number of ether oxygens (including phenoxy) is 1. The zero-order valence-electron chi connectivity index (χ0n) is 20.7. The predicted octanol–water partition coefficient (Wildman–Crippen LogP) is 5.71. The van der Waals surface area contributed by atoms with Crippen molar-refractivity contribution in [2.75, 3.05) is 14.1 Å². The molecule has 0 fully saturated rings. The summed E-state index contributed by atoms with van der Waals surface area (Å²) in [5.41, 5.74) is 6.12. The van der Waals surface area contributed by atoms with E-state index in [0.29, 0.717) is 24.1 Å². The van der Waals surface area contributed by atoms with Gasteiger partial charge in [0.2, 0.25) is 0 Å². The molecule has 0 amide bonds. The van der Waals surface area contributed by atoms with E-state index in [1.807, 2.05) is 62.8 Å². The van der Waals surface area contributed by atoms with Crippen LogP contribution in [-0.4, -0.2) is 29.5 Å². The summed E-state index contributed by atoms with van der Waals surface area (Å²) in [7, 11) is 4.02. The Bertz CT molecular complexity index is 1480. The van der Waals surface area contributed by atoms with E-state index in [9.17, 15) is 9.59 Å². The molecule has 1 unspecified atom stereocenters. The Morgan fingerprint density at radius 2 is 1.71 bits per heavy atom. The van der Waals surface area contributed by atoms with Crippen molar-refractivity contribution in [1.82, 2.24) is 9.47 Å². The second-order valence-corrected chi connectivity index (χ2v) is 9.59. The molecule has 1 aliphatic heterocycles. The van der Waals surface area contributed by atoms with Crippen molar-refractivity contribution in [2.45, 2.75) is 39.5 Å². The van der Waals surface area contributed by atoms with Gasteiger partial charge in [0.1, 0.15) is 6.10 Å². The second-order valence-electron chi connectivity index (χ2n) is 9.59. The Kier molecular flexibility index (Phi) is 6.03. The Morgan fingerprint density at radius 3 is 2.37 bits per heavy atom. The fourth-order valence-electron chi connectivity index (χ4n) is 4.99. The first-order chi connectivity index (χ1) is 16.9. The lowest BCUT2D eigenvalue weighted by Gasteiger charge is -2.20. The third-order valence-corrected chi connectivity index (χ3v) is 6.81. The molecule has 178 valence electrons. The summed E-state index contributed by atoms with van der Waals surface area (Å²) in [6.07, 6.45) is 0.0886. The summed E-state index contributed by atoms with van der Waals surface area (Å²) in [6, 6.07) is 22.1. The second kappa shape index (κ2) is 9.16.